The standard InChI is InChI=1S/C19H27N5O3/c1-4-27-17-11-14(5-6-16(17)26-3)12-21-19(25)18-13(2)24(23-22-18)15-7-9-20-10-8-15/h5-6,11,15,20H,4,7-10,12H2,1-3H3,(H,21,25). The van der Waals surface area contributed by atoms with Gasteiger partial charge in [-0.15, -0.1) is 5.10 Å². The van der Waals surface area contributed by atoms with Gasteiger partial charge in [-0.1, -0.05) is 11.3 Å². The molecule has 0 unspecified atom stereocenters. The third kappa shape index (κ3) is 4.39. The number of carbonyl (C=O) groups excluding carboxylic acids is 1. The first-order valence-corrected chi connectivity index (χ1v) is 9.34. The van der Waals surface area contributed by atoms with Gasteiger partial charge >= 0.3 is 0 Å². The largest absolute Gasteiger partial charge is 0.493 e. The van der Waals surface area contributed by atoms with Gasteiger partial charge in [-0.25, -0.2) is 4.68 Å². The van der Waals surface area contributed by atoms with Crippen LogP contribution in [0.2, 0.25) is 0 Å². The summed E-state index contributed by atoms with van der Waals surface area (Å²) in [6, 6.07) is 5.92. The molecule has 0 aliphatic carbocycles. The van der Waals surface area contributed by atoms with Crippen LogP contribution in [-0.4, -0.2) is 47.7 Å². The zero-order valence-electron chi connectivity index (χ0n) is 16.1. The molecular weight excluding hydrogens is 346 g/mol. The summed E-state index contributed by atoms with van der Waals surface area (Å²) in [5.41, 5.74) is 2.12. The van der Waals surface area contributed by atoms with Crippen LogP contribution in [0.3, 0.4) is 0 Å². The molecule has 8 nitrogen and oxygen atoms in total. The Morgan fingerprint density at radius 2 is 2.11 bits per heavy atom. The van der Waals surface area contributed by atoms with E-state index in [0.717, 1.165) is 37.2 Å². The van der Waals surface area contributed by atoms with Gasteiger partial charge in [0.2, 0.25) is 0 Å². The van der Waals surface area contributed by atoms with Gasteiger partial charge in [0.25, 0.3) is 5.91 Å². The van der Waals surface area contributed by atoms with E-state index < -0.39 is 0 Å². The first kappa shape index (κ1) is 19.2. The molecule has 2 aromatic rings. The lowest BCUT2D eigenvalue weighted by molar-refractivity contribution is 0.0945. The summed E-state index contributed by atoms with van der Waals surface area (Å²) in [6.07, 6.45) is 1.99. The van der Waals surface area contributed by atoms with Crippen molar-refractivity contribution in [1.29, 1.82) is 0 Å². The summed E-state index contributed by atoms with van der Waals surface area (Å²) in [7, 11) is 1.60. The van der Waals surface area contributed by atoms with Crippen LogP contribution < -0.4 is 20.1 Å². The van der Waals surface area contributed by atoms with Crippen LogP contribution in [0.25, 0.3) is 0 Å². The van der Waals surface area contributed by atoms with Crippen molar-refractivity contribution in [3.8, 4) is 11.5 Å². The number of rotatable bonds is 7. The van der Waals surface area contributed by atoms with Crippen molar-refractivity contribution < 1.29 is 14.3 Å². The van der Waals surface area contributed by atoms with Crippen molar-refractivity contribution >= 4 is 5.91 Å². The monoisotopic (exact) mass is 373 g/mol. The Labute approximate surface area is 159 Å². The van der Waals surface area contributed by atoms with Crippen molar-refractivity contribution in [2.45, 2.75) is 39.3 Å². The molecule has 3 rings (SSSR count). The summed E-state index contributed by atoms with van der Waals surface area (Å²) in [5.74, 6) is 1.12. The number of nitrogens with one attached hydrogen (secondary N) is 2. The van der Waals surface area contributed by atoms with Gasteiger partial charge in [-0.3, -0.25) is 4.79 Å². The van der Waals surface area contributed by atoms with Crippen LogP contribution in [0.5, 0.6) is 11.5 Å². The maximum absolute atomic E-state index is 12.6. The maximum Gasteiger partial charge on any atom is 0.274 e. The van der Waals surface area contributed by atoms with Crippen molar-refractivity contribution in [2.24, 2.45) is 0 Å². The second-order valence-corrected chi connectivity index (χ2v) is 6.55. The number of aromatic nitrogens is 3. The molecule has 0 saturated carbocycles. The third-order valence-corrected chi connectivity index (χ3v) is 4.78. The molecule has 0 atom stereocenters. The van der Waals surface area contributed by atoms with Crippen molar-refractivity contribution in [1.82, 2.24) is 25.6 Å². The molecule has 1 saturated heterocycles. The zero-order chi connectivity index (χ0) is 19.2. The Hall–Kier alpha value is -2.61. The summed E-state index contributed by atoms with van der Waals surface area (Å²) >= 11 is 0. The predicted octanol–water partition coefficient (Wildman–Crippen LogP) is 1.85. The van der Waals surface area contributed by atoms with Crippen molar-refractivity contribution in [3.63, 3.8) is 0 Å². The lowest BCUT2D eigenvalue weighted by Gasteiger charge is -2.23. The molecule has 2 heterocycles. The molecule has 0 spiro atoms. The molecule has 0 bridgehead atoms. The maximum atomic E-state index is 12.6. The Bertz CT molecular complexity index is 784. The minimum Gasteiger partial charge on any atom is -0.493 e. The van der Waals surface area contributed by atoms with E-state index in [1.54, 1.807) is 7.11 Å². The van der Waals surface area contributed by atoms with Gasteiger partial charge in [0.15, 0.2) is 17.2 Å². The average Bonchev–Trinajstić information content (AvgIpc) is 3.08. The zero-order valence-corrected chi connectivity index (χ0v) is 16.1. The number of piperidine rings is 1. The van der Waals surface area contributed by atoms with E-state index in [4.69, 9.17) is 9.47 Å². The number of nitrogens with zero attached hydrogens (tertiary/aromatic N) is 3. The minimum absolute atomic E-state index is 0.221. The molecule has 1 amide bonds. The van der Waals surface area contributed by atoms with Gasteiger partial charge in [-0.05, 0) is 57.5 Å². The van der Waals surface area contributed by atoms with Crippen LogP contribution in [0.15, 0.2) is 18.2 Å². The number of methoxy groups -OCH3 is 1. The predicted molar refractivity (Wildman–Crippen MR) is 101 cm³/mol. The van der Waals surface area contributed by atoms with Gasteiger partial charge in [0.1, 0.15) is 0 Å². The van der Waals surface area contributed by atoms with Gasteiger partial charge in [0.05, 0.1) is 25.5 Å². The number of amides is 1. The van der Waals surface area contributed by atoms with E-state index >= 15 is 0 Å². The fraction of sp³-hybridized carbons (Fsp3) is 0.526. The molecule has 27 heavy (non-hydrogen) atoms. The molecule has 0 radical (unpaired) electrons. The van der Waals surface area contributed by atoms with Crippen LogP contribution in [0.1, 0.15) is 47.6 Å². The highest BCUT2D eigenvalue weighted by Crippen LogP contribution is 2.28. The average molecular weight is 373 g/mol. The topological polar surface area (TPSA) is 90.3 Å². The first-order chi connectivity index (χ1) is 13.1. The van der Waals surface area contributed by atoms with E-state index in [0.29, 0.717) is 36.4 Å². The van der Waals surface area contributed by atoms with Crippen LogP contribution in [0, 0.1) is 6.92 Å². The summed E-state index contributed by atoms with van der Waals surface area (Å²) in [6.45, 7) is 6.67. The molecule has 8 heteroatoms. The fourth-order valence-electron chi connectivity index (χ4n) is 3.31. The van der Waals surface area contributed by atoms with E-state index in [1.807, 2.05) is 36.7 Å². The molecular formula is C19H27N5O3. The Kier molecular flexibility index (Phi) is 6.28. The van der Waals surface area contributed by atoms with Crippen LogP contribution in [-0.2, 0) is 6.54 Å². The van der Waals surface area contributed by atoms with Crippen LogP contribution in [0.4, 0.5) is 0 Å². The van der Waals surface area contributed by atoms with E-state index in [9.17, 15) is 4.79 Å². The number of carbonyl (C=O) groups is 1. The van der Waals surface area contributed by atoms with E-state index in [-0.39, 0.29) is 5.91 Å². The second kappa shape index (κ2) is 8.85. The van der Waals surface area contributed by atoms with Crippen molar-refractivity contribution in [3.05, 3.63) is 35.2 Å². The Morgan fingerprint density at radius 1 is 1.33 bits per heavy atom. The smallest absolute Gasteiger partial charge is 0.274 e. The Morgan fingerprint density at radius 3 is 2.81 bits per heavy atom. The number of ether oxygens (including phenoxy) is 2. The molecule has 2 N–H and O–H groups in total. The van der Waals surface area contributed by atoms with Gasteiger partial charge in [0, 0.05) is 6.54 Å². The van der Waals surface area contributed by atoms with E-state index in [1.165, 1.54) is 0 Å². The normalized spacial score (nSPS) is 14.8. The SMILES string of the molecule is CCOc1cc(CNC(=O)c2nnn(C3CCNCC3)c2C)ccc1OC. The highest BCUT2D eigenvalue weighted by molar-refractivity contribution is 5.93. The molecule has 1 fully saturated rings. The lowest BCUT2D eigenvalue weighted by Crippen LogP contribution is -2.30. The summed E-state index contributed by atoms with van der Waals surface area (Å²) in [4.78, 5) is 12.6. The highest BCUT2D eigenvalue weighted by atomic mass is 16.5. The van der Waals surface area contributed by atoms with E-state index in [2.05, 4.69) is 20.9 Å². The van der Waals surface area contributed by atoms with Crippen LogP contribution >= 0.6 is 0 Å². The minimum atomic E-state index is -0.221. The number of hydrogen-bond acceptors (Lipinski definition) is 6. The first-order valence-electron chi connectivity index (χ1n) is 9.34. The van der Waals surface area contributed by atoms with Gasteiger partial charge < -0.3 is 20.1 Å². The molecule has 1 aromatic heterocycles. The molecule has 1 aliphatic rings. The number of hydrogen-bond donors (Lipinski definition) is 2. The quantitative estimate of drug-likeness (QED) is 0.770. The second-order valence-electron chi connectivity index (χ2n) is 6.55. The fourth-order valence-corrected chi connectivity index (χ4v) is 3.31. The molecule has 1 aromatic carbocycles. The summed E-state index contributed by atoms with van der Waals surface area (Å²) < 4.78 is 12.8. The number of benzene rings is 1. The lowest BCUT2D eigenvalue weighted by atomic mass is 10.1. The molecule has 1 aliphatic heterocycles. The molecule has 146 valence electrons. The van der Waals surface area contributed by atoms with Gasteiger partial charge in [-0.2, -0.15) is 0 Å². The van der Waals surface area contributed by atoms with Crippen molar-refractivity contribution in [2.75, 3.05) is 26.8 Å². The highest BCUT2D eigenvalue weighted by Gasteiger charge is 2.22. The third-order valence-electron chi connectivity index (χ3n) is 4.78. The summed E-state index contributed by atoms with van der Waals surface area (Å²) in [5, 5.41) is 14.6. The Balaban J connectivity index is 1.66.